The fraction of sp³-hybridized carbons (Fsp3) is 0.500. The van der Waals surface area contributed by atoms with E-state index in [0.29, 0.717) is 6.61 Å². The molecule has 0 amide bonds. The number of fused-ring (bicyclic) bond motifs is 1. The molecule has 1 aliphatic heterocycles. The predicted molar refractivity (Wildman–Crippen MR) is 37.5 cm³/mol. The van der Waals surface area contributed by atoms with Crippen molar-refractivity contribution in [2.75, 3.05) is 6.61 Å². The van der Waals surface area contributed by atoms with Crippen LogP contribution in [0.4, 0.5) is 0 Å². The fourth-order valence-corrected chi connectivity index (χ4v) is 1.22. The number of epoxide rings is 1. The normalized spacial score (nSPS) is 41.5. The summed E-state index contributed by atoms with van der Waals surface area (Å²) in [4.78, 5) is 0. The molecule has 2 rings (SSSR count). The third-order valence-corrected chi connectivity index (χ3v) is 1.75. The van der Waals surface area contributed by atoms with E-state index >= 15 is 0 Å². The monoisotopic (exact) mass is 138 g/mol. The van der Waals surface area contributed by atoms with Crippen LogP contribution in [0.15, 0.2) is 24.3 Å². The lowest BCUT2D eigenvalue weighted by Crippen LogP contribution is -2.16. The van der Waals surface area contributed by atoms with Crippen molar-refractivity contribution in [1.29, 1.82) is 0 Å². The van der Waals surface area contributed by atoms with Crippen molar-refractivity contribution in [3.05, 3.63) is 24.3 Å². The molecule has 1 heterocycles. The van der Waals surface area contributed by atoms with Crippen LogP contribution in [0.2, 0.25) is 0 Å². The Morgan fingerprint density at radius 2 is 2.50 bits per heavy atom. The molecule has 0 aromatic carbocycles. The summed E-state index contributed by atoms with van der Waals surface area (Å²) in [5.41, 5.74) is 0. The van der Waals surface area contributed by atoms with Crippen LogP contribution in [0.3, 0.4) is 0 Å². The molecule has 0 saturated carbocycles. The highest BCUT2D eigenvalue weighted by atomic mass is 16.8. The molecule has 2 unspecified atom stereocenters. The van der Waals surface area contributed by atoms with Gasteiger partial charge in [-0.2, -0.15) is 0 Å². The maximum absolute atomic E-state index is 5.38. The molecule has 2 atom stereocenters. The van der Waals surface area contributed by atoms with Crippen molar-refractivity contribution in [2.45, 2.75) is 18.8 Å². The lowest BCUT2D eigenvalue weighted by molar-refractivity contribution is -0.000687. The van der Waals surface area contributed by atoms with E-state index in [2.05, 4.69) is 0 Å². The highest BCUT2D eigenvalue weighted by Crippen LogP contribution is 2.41. The summed E-state index contributed by atoms with van der Waals surface area (Å²) < 4.78 is 10.7. The largest absolute Gasteiger partial charge is 0.344 e. The SMILES string of the molecule is CCOC12C=CC=CC1O2. The third kappa shape index (κ3) is 0.728. The van der Waals surface area contributed by atoms with Gasteiger partial charge in [-0.3, -0.25) is 0 Å². The van der Waals surface area contributed by atoms with E-state index < -0.39 is 0 Å². The second-order valence-corrected chi connectivity index (χ2v) is 2.44. The van der Waals surface area contributed by atoms with Crippen molar-refractivity contribution in [1.82, 2.24) is 0 Å². The summed E-state index contributed by atoms with van der Waals surface area (Å²) in [7, 11) is 0. The van der Waals surface area contributed by atoms with Gasteiger partial charge in [-0.1, -0.05) is 12.2 Å². The molecule has 1 aliphatic carbocycles. The van der Waals surface area contributed by atoms with Crippen LogP contribution < -0.4 is 0 Å². The third-order valence-electron chi connectivity index (χ3n) is 1.75. The van der Waals surface area contributed by atoms with Gasteiger partial charge < -0.3 is 9.47 Å². The second kappa shape index (κ2) is 1.94. The molecule has 1 saturated heterocycles. The van der Waals surface area contributed by atoms with Gasteiger partial charge in [0.25, 0.3) is 0 Å². The van der Waals surface area contributed by atoms with E-state index in [1.165, 1.54) is 0 Å². The van der Waals surface area contributed by atoms with E-state index in [0.717, 1.165) is 0 Å². The van der Waals surface area contributed by atoms with Crippen LogP contribution in [0.1, 0.15) is 6.92 Å². The minimum atomic E-state index is -0.372. The Bertz CT molecular complexity index is 195. The molecule has 0 N–H and O–H groups in total. The van der Waals surface area contributed by atoms with Crippen LogP contribution in [0.25, 0.3) is 0 Å². The van der Waals surface area contributed by atoms with Crippen LogP contribution in [-0.4, -0.2) is 18.5 Å². The first kappa shape index (κ1) is 6.13. The number of rotatable bonds is 2. The highest BCUT2D eigenvalue weighted by molar-refractivity contribution is 5.27. The Balaban J connectivity index is 2.08. The molecule has 0 radical (unpaired) electrons. The van der Waals surface area contributed by atoms with Gasteiger partial charge in [0, 0.05) is 6.61 Å². The first-order chi connectivity index (χ1) is 4.87. The average molecular weight is 138 g/mol. The van der Waals surface area contributed by atoms with Gasteiger partial charge in [0.05, 0.1) is 0 Å². The van der Waals surface area contributed by atoms with E-state index in [1.54, 1.807) is 0 Å². The molecule has 1 fully saturated rings. The summed E-state index contributed by atoms with van der Waals surface area (Å²) in [6.07, 6.45) is 8.09. The Labute approximate surface area is 60.1 Å². The maximum Gasteiger partial charge on any atom is 0.219 e. The van der Waals surface area contributed by atoms with Gasteiger partial charge in [0.15, 0.2) is 0 Å². The standard InChI is InChI=1S/C8H10O2/c1-2-9-8-6-4-3-5-7(8)10-8/h3-7H,2H2,1H3. The molecular formula is C8H10O2. The van der Waals surface area contributed by atoms with Crippen molar-refractivity contribution < 1.29 is 9.47 Å². The lowest BCUT2D eigenvalue weighted by Gasteiger charge is -2.07. The Morgan fingerprint density at radius 1 is 1.60 bits per heavy atom. The number of ether oxygens (including phenoxy) is 2. The number of allylic oxidation sites excluding steroid dienone is 2. The molecule has 2 heteroatoms. The molecule has 10 heavy (non-hydrogen) atoms. The van der Waals surface area contributed by atoms with E-state index in [-0.39, 0.29) is 11.9 Å². The Kier molecular flexibility index (Phi) is 1.19. The predicted octanol–water partition coefficient (Wildman–Crippen LogP) is 1.24. The molecule has 0 spiro atoms. The summed E-state index contributed by atoms with van der Waals surface area (Å²) >= 11 is 0. The van der Waals surface area contributed by atoms with Crippen LogP contribution >= 0.6 is 0 Å². The molecule has 0 aromatic heterocycles. The van der Waals surface area contributed by atoms with Crippen molar-refractivity contribution in [3.8, 4) is 0 Å². The molecule has 2 nitrogen and oxygen atoms in total. The zero-order valence-corrected chi connectivity index (χ0v) is 5.91. The average Bonchev–Trinajstić information content (AvgIpc) is 2.62. The highest BCUT2D eigenvalue weighted by Gasteiger charge is 2.55. The second-order valence-electron chi connectivity index (χ2n) is 2.44. The first-order valence-electron chi connectivity index (χ1n) is 3.55. The topological polar surface area (TPSA) is 21.8 Å². The van der Waals surface area contributed by atoms with Gasteiger partial charge in [0.2, 0.25) is 5.79 Å². The summed E-state index contributed by atoms with van der Waals surface area (Å²) in [5, 5.41) is 0. The maximum atomic E-state index is 5.38. The molecule has 2 aliphatic rings. The first-order valence-corrected chi connectivity index (χ1v) is 3.55. The van der Waals surface area contributed by atoms with Gasteiger partial charge >= 0.3 is 0 Å². The summed E-state index contributed by atoms with van der Waals surface area (Å²) in [6.45, 7) is 2.67. The van der Waals surface area contributed by atoms with E-state index in [9.17, 15) is 0 Å². The minimum absolute atomic E-state index is 0.178. The Morgan fingerprint density at radius 3 is 3.20 bits per heavy atom. The van der Waals surface area contributed by atoms with Crippen molar-refractivity contribution >= 4 is 0 Å². The Hall–Kier alpha value is -0.600. The van der Waals surface area contributed by atoms with Crippen molar-refractivity contribution in [3.63, 3.8) is 0 Å². The minimum Gasteiger partial charge on any atom is -0.344 e. The zero-order valence-electron chi connectivity index (χ0n) is 5.91. The fourth-order valence-electron chi connectivity index (χ4n) is 1.22. The molecule has 0 aromatic rings. The van der Waals surface area contributed by atoms with Gasteiger partial charge in [-0.05, 0) is 19.1 Å². The zero-order chi connectivity index (χ0) is 7.03. The van der Waals surface area contributed by atoms with Gasteiger partial charge in [-0.25, -0.2) is 0 Å². The smallest absolute Gasteiger partial charge is 0.219 e. The molecule has 0 bridgehead atoms. The van der Waals surface area contributed by atoms with Crippen molar-refractivity contribution in [2.24, 2.45) is 0 Å². The van der Waals surface area contributed by atoms with Crippen LogP contribution in [0, 0.1) is 0 Å². The molecule has 54 valence electrons. The van der Waals surface area contributed by atoms with Gasteiger partial charge in [-0.15, -0.1) is 0 Å². The quantitative estimate of drug-likeness (QED) is 0.535. The number of hydrogen-bond acceptors (Lipinski definition) is 2. The summed E-state index contributed by atoms with van der Waals surface area (Å²) in [6, 6.07) is 0. The van der Waals surface area contributed by atoms with Crippen LogP contribution in [-0.2, 0) is 9.47 Å². The van der Waals surface area contributed by atoms with E-state index in [4.69, 9.17) is 9.47 Å². The van der Waals surface area contributed by atoms with E-state index in [1.807, 2.05) is 31.2 Å². The van der Waals surface area contributed by atoms with Crippen LogP contribution in [0.5, 0.6) is 0 Å². The summed E-state index contributed by atoms with van der Waals surface area (Å²) in [5.74, 6) is -0.372. The lowest BCUT2D eigenvalue weighted by atomic mass is 10.1. The van der Waals surface area contributed by atoms with Gasteiger partial charge in [0.1, 0.15) is 6.10 Å². The number of hydrogen-bond donors (Lipinski definition) is 0. The molecular weight excluding hydrogens is 128 g/mol.